The molecular formula is C7H11NO. The molecule has 0 aliphatic heterocycles. The minimum absolute atomic E-state index is 0.858. The van der Waals surface area contributed by atoms with Crippen molar-refractivity contribution in [2.24, 2.45) is 0 Å². The molecule has 0 amide bonds. The zero-order chi connectivity index (χ0) is 6.53. The Hall–Kier alpha value is -0.920. The van der Waals surface area contributed by atoms with Crippen molar-refractivity contribution >= 4 is 5.88 Å². The minimum atomic E-state index is 0.858. The van der Waals surface area contributed by atoms with Crippen LogP contribution in [-0.2, 0) is 0 Å². The van der Waals surface area contributed by atoms with Crippen LogP contribution in [0, 0.1) is 0 Å². The van der Waals surface area contributed by atoms with E-state index in [2.05, 4.69) is 12.2 Å². The molecule has 50 valence electrons. The number of rotatable bonds is 3. The quantitative estimate of drug-likeness (QED) is 0.669. The lowest BCUT2D eigenvalue weighted by molar-refractivity contribution is 0.578. The second kappa shape index (κ2) is 3.17. The van der Waals surface area contributed by atoms with Gasteiger partial charge in [0.1, 0.15) is 0 Å². The van der Waals surface area contributed by atoms with Crippen molar-refractivity contribution in [1.82, 2.24) is 0 Å². The van der Waals surface area contributed by atoms with E-state index >= 15 is 0 Å². The molecule has 2 nitrogen and oxygen atoms in total. The molecule has 0 aromatic carbocycles. The first-order chi connectivity index (χ1) is 4.43. The van der Waals surface area contributed by atoms with Gasteiger partial charge in [-0.25, -0.2) is 0 Å². The van der Waals surface area contributed by atoms with Crippen molar-refractivity contribution in [3.05, 3.63) is 18.4 Å². The smallest absolute Gasteiger partial charge is 0.192 e. The molecular weight excluding hydrogens is 114 g/mol. The molecule has 0 saturated carbocycles. The van der Waals surface area contributed by atoms with Gasteiger partial charge in [0.05, 0.1) is 6.26 Å². The van der Waals surface area contributed by atoms with Gasteiger partial charge < -0.3 is 9.73 Å². The molecule has 1 aromatic rings. The molecule has 1 heterocycles. The third-order valence-corrected chi connectivity index (χ3v) is 1.07. The molecule has 0 spiro atoms. The van der Waals surface area contributed by atoms with E-state index in [1.165, 1.54) is 0 Å². The van der Waals surface area contributed by atoms with E-state index < -0.39 is 0 Å². The van der Waals surface area contributed by atoms with Crippen molar-refractivity contribution in [3.63, 3.8) is 0 Å². The molecule has 0 aliphatic carbocycles. The maximum absolute atomic E-state index is 5.02. The summed E-state index contributed by atoms with van der Waals surface area (Å²) in [4.78, 5) is 0. The highest BCUT2D eigenvalue weighted by Gasteiger charge is 1.88. The highest BCUT2D eigenvalue weighted by molar-refractivity contribution is 5.28. The van der Waals surface area contributed by atoms with Gasteiger partial charge in [-0.2, -0.15) is 0 Å². The predicted octanol–water partition coefficient (Wildman–Crippen LogP) is 2.10. The van der Waals surface area contributed by atoms with Gasteiger partial charge in [-0.3, -0.25) is 0 Å². The van der Waals surface area contributed by atoms with Crippen molar-refractivity contribution in [3.8, 4) is 0 Å². The first-order valence-corrected chi connectivity index (χ1v) is 3.21. The Balaban J connectivity index is 2.30. The van der Waals surface area contributed by atoms with E-state index in [1.54, 1.807) is 6.26 Å². The summed E-state index contributed by atoms with van der Waals surface area (Å²) >= 11 is 0. The van der Waals surface area contributed by atoms with Crippen LogP contribution in [0.25, 0.3) is 0 Å². The van der Waals surface area contributed by atoms with E-state index in [0.29, 0.717) is 0 Å². The summed E-state index contributed by atoms with van der Waals surface area (Å²) in [5, 5.41) is 3.11. The summed E-state index contributed by atoms with van der Waals surface area (Å²) in [6.45, 7) is 3.10. The molecule has 0 bridgehead atoms. The average Bonchev–Trinajstić information content (AvgIpc) is 2.34. The van der Waals surface area contributed by atoms with Crippen LogP contribution in [0.15, 0.2) is 22.8 Å². The van der Waals surface area contributed by atoms with Crippen LogP contribution >= 0.6 is 0 Å². The Morgan fingerprint density at radius 2 is 2.56 bits per heavy atom. The molecule has 1 aromatic heterocycles. The Bertz CT molecular complexity index is 146. The molecule has 0 radical (unpaired) electrons. The van der Waals surface area contributed by atoms with Gasteiger partial charge in [0.15, 0.2) is 5.88 Å². The zero-order valence-electron chi connectivity index (χ0n) is 5.55. The van der Waals surface area contributed by atoms with Crippen LogP contribution in [0.1, 0.15) is 13.3 Å². The van der Waals surface area contributed by atoms with Crippen molar-refractivity contribution in [1.29, 1.82) is 0 Å². The van der Waals surface area contributed by atoms with Crippen LogP contribution < -0.4 is 5.32 Å². The van der Waals surface area contributed by atoms with Gasteiger partial charge in [-0.05, 0) is 12.5 Å². The van der Waals surface area contributed by atoms with Crippen LogP contribution in [0.2, 0.25) is 0 Å². The maximum Gasteiger partial charge on any atom is 0.192 e. The van der Waals surface area contributed by atoms with E-state index in [1.807, 2.05) is 12.1 Å². The van der Waals surface area contributed by atoms with E-state index in [-0.39, 0.29) is 0 Å². The topological polar surface area (TPSA) is 25.2 Å². The lowest BCUT2D eigenvalue weighted by atomic mass is 10.5. The minimum Gasteiger partial charge on any atom is -0.449 e. The van der Waals surface area contributed by atoms with Gasteiger partial charge >= 0.3 is 0 Å². The number of anilines is 1. The number of nitrogens with one attached hydrogen (secondary N) is 1. The second-order valence-electron chi connectivity index (χ2n) is 1.90. The first-order valence-electron chi connectivity index (χ1n) is 3.21. The summed E-state index contributed by atoms with van der Waals surface area (Å²) < 4.78 is 5.02. The Morgan fingerprint density at radius 1 is 1.67 bits per heavy atom. The molecule has 0 aliphatic rings. The van der Waals surface area contributed by atoms with E-state index in [9.17, 15) is 0 Å². The van der Waals surface area contributed by atoms with Crippen LogP contribution in [0.3, 0.4) is 0 Å². The fourth-order valence-electron chi connectivity index (χ4n) is 0.627. The summed E-state index contributed by atoms with van der Waals surface area (Å²) in [5.74, 6) is 0.858. The highest BCUT2D eigenvalue weighted by atomic mass is 16.3. The maximum atomic E-state index is 5.02. The SMILES string of the molecule is CCCNc1ccco1. The van der Waals surface area contributed by atoms with E-state index in [0.717, 1.165) is 18.8 Å². The molecule has 2 heteroatoms. The largest absolute Gasteiger partial charge is 0.449 e. The Morgan fingerprint density at radius 3 is 3.11 bits per heavy atom. The third-order valence-electron chi connectivity index (χ3n) is 1.07. The van der Waals surface area contributed by atoms with Gasteiger partial charge in [0.2, 0.25) is 0 Å². The molecule has 0 fully saturated rings. The molecule has 1 rings (SSSR count). The standard InChI is InChI=1S/C7H11NO/c1-2-5-8-7-4-3-6-9-7/h3-4,6,8H,2,5H2,1H3. The summed E-state index contributed by atoms with van der Waals surface area (Å²) in [6.07, 6.45) is 2.79. The van der Waals surface area contributed by atoms with Gasteiger partial charge in [0, 0.05) is 12.6 Å². The summed E-state index contributed by atoms with van der Waals surface area (Å²) in [6, 6.07) is 3.79. The van der Waals surface area contributed by atoms with Crippen LogP contribution in [-0.4, -0.2) is 6.54 Å². The van der Waals surface area contributed by atoms with E-state index in [4.69, 9.17) is 4.42 Å². The number of furan rings is 1. The van der Waals surface area contributed by atoms with Crippen molar-refractivity contribution in [2.75, 3.05) is 11.9 Å². The Kier molecular flexibility index (Phi) is 2.19. The lowest BCUT2D eigenvalue weighted by Gasteiger charge is -1.96. The predicted molar refractivity (Wildman–Crippen MR) is 37.5 cm³/mol. The fraction of sp³-hybridized carbons (Fsp3) is 0.429. The van der Waals surface area contributed by atoms with Crippen LogP contribution in [0.5, 0.6) is 0 Å². The molecule has 9 heavy (non-hydrogen) atoms. The van der Waals surface area contributed by atoms with Crippen molar-refractivity contribution < 1.29 is 4.42 Å². The zero-order valence-corrected chi connectivity index (χ0v) is 5.55. The van der Waals surface area contributed by atoms with Gasteiger partial charge in [-0.1, -0.05) is 6.92 Å². The summed E-state index contributed by atoms with van der Waals surface area (Å²) in [7, 11) is 0. The van der Waals surface area contributed by atoms with Crippen LogP contribution in [0.4, 0.5) is 5.88 Å². The number of hydrogen-bond acceptors (Lipinski definition) is 2. The van der Waals surface area contributed by atoms with Gasteiger partial charge in [0.25, 0.3) is 0 Å². The Labute approximate surface area is 54.9 Å². The van der Waals surface area contributed by atoms with Gasteiger partial charge in [-0.15, -0.1) is 0 Å². The second-order valence-corrected chi connectivity index (χ2v) is 1.90. The monoisotopic (exact) mass is 125 g/mol. The number of hydrogen-bond donors (Lipinski definition) is 1. The highest BCUT2D eigenvalue weighted by Crippen LogP contribution is 2.05. The molecule has 0 atom stereocenters. The third kappa shape index (κ3) is 1.80. The molecule has 0 unspecified atom stereocenters. The van der Waals surface area contributed by atoms with Crippen molar-refractivity contribution in [2.45, 2.75) is 13.3 Å². The fourth-order valence-corrected chi connectivity index (χ4v) is 0.627. The first kappa shape index (κ1) is 6.20. The normalized spacial score (nSPS) is 9.44. The lowest BCUT2D eigenvalue weighted by Crippen LogP contribution is -1.97. The summed E-state index contributed by atoms with van der Waals surface area (Å²) in [5.41, 5.74) is 0. The average molecular weight is 125 g/mol. The molecule has 0 saturated heterocycles. The molecule has 1 N–H and O–H groups in total.